The summed E-state index contributed by atoms with van der Waals surface area (Å²) in [6.45, 7) is 0. The first-order valence-electron chi connectivity index (χ1n) is 13.2. The summed E-state index contributed by atoms with van der Waals surface area (Å²) in [5.41, 5.74) is 9.17. The number of nitrogens with zero attached hydrogens (tertiary/aromatic N) is 2. The standard InChI is InChI=1S/C36H24N2O/c1-2-10-27(11-3-1)37-31-13-5-4-12-29(31)30-24-26(20-23-32(30)37)25-18-21-28(22-19-25)38-33-14-6-8-16-35(33)39-36-17-9-7-15-34(36)38/h1-24H. The zero-order valence-electron chi connectivity index (χ0n) is 21.2. The van der Waals surface area contributed by atoms with Crippen molar-refractivity contribution in [2.24, 2.45) is 0 Å². The van der Waals surface area contributed by atoms with E-state index in [2.05, 4.69) is 131 Å². The Kier molecular flexibility index (Phi) is 4.82. The van der Waals surface area contributed by atoms with E-state index < -0.39 is 0 Å². The molecule has 7 aromatic rings. The van der Waals surface area contributed by atoms with Gasteiger partial charge < -0.3 is 14.2 Å². The van der Waals surface area contributed by atoms with Crippen molar-refractivity contribution in [1.82, 2.24) is 4.57 Å². The van der Waals surface area contributed by atoms with Crippen LogP contribution in [0.15, 0.2) is 146 Å². The Morgan fingerprint density at radius 1 is 0.410 bits per heavy atom. The molecule has 39 heavy (non-hydrogen) atoms. The van der Waals surface area contributed by atoms with Gasteiger partial charge in [-0.3, -0.25) is 0 Å². The number of anilines is 3. The van der Waals surface area contributed by atoms with Crippen molar-refractivity contribution in [3.05, 3.63) is 146 Å². The molecule has 1 aliphatic rings. The molecule has 184 valence electrons. The normalized spacial score (nSPS) is 12.3. The molecule has 0 saturated heterocycles. The minimum absolute atomic E-state index is 0.862. The first-order valence-corrected chi connectivity index (χ1v) is 13.2. The predicted molar refractivity (Wildman–Crippen MR) is 161 cm³/mol. The van der Waals surface area contributed by atoms with Gasteiger partial charge in [0.1, 0.15) is 0 Å². The minimum atomic E-state index is 0.862. The topological polar surface area (TPSA) is 17.4 Å². The van der Waals surface area contributed by atoms with Crippen LogP contribution in [0.25, 0.3) is 38.6 Å². The van der Waals surface area contributed by atoms with Crippen molar-refractivity contribution in [2.45, 2.75) is 0 Å². The lowest BCUT2D eigenvalue weighted by atomic mass is 10.0. The average Bonchev–Trinajstić information content (AvgIpc) is 3.34. The monoisotopic (exact) mass is 500 g/mol. The van der Waals surface area contributed by atoms with E-state index in [4.69, 9.17) is 4.74 Å². The molecule has 1 aliphatic heterocycles. The van der Waals surface area contributed by atoms with Gasteiger partial charge in [0.05, 0.1) is 22.4 Å². The lowest BCUT2D eigenvalue weighted by Gasteiger charge is -2.32. The maximum Gasteiger partial charge on any atom is 0.151 e. The van der Waals surface area contributed by atoms with Crippen molar-refractivity contribution in [1.29, 1.82) is 0 Å². The largest absolute Gasteiger partial charge is 0.453 e. The number of para-hydroxylation sites is 6. The number of rotatable bonds is 3. The average molecular weight is 501 g/mol. The van der Waals surface area contributed by atoms with Gasteiger partial charge in [-0.1, -0.05) is 78.9 Å². The molecule has 0 bridgehead atoms. The summed E-state index contributed by atoms with van der Waals surface area (Å²) in [4.78, 5) is 2.27. The summed E-state index contributed by atoms with van der Waals surface area (Å²) >= 11 is 0. The van der Waals surface area contributed by atoms with Crippen LogP contribution in [0.4, 0.5) is 17.1 Å². The van der Waals surface area contributed by atoms with Crippen molar-refractivity contribution in [2.75, 3.05) is 4.90 Å². The van der Waals surface area contributed by atoms with Crippen LogP contribution >= 0.6 is 0 Å². The Balaban J connectivity index is 1.23. The van der Waals surface area contributed by atoms with Crippen LogP contribution in [0.1, 0.15) is 0 Å². The molecule has 0 saturated carbocycles. The van der Waals surface area contributed by atoms with Crippen LogP contribution in [-0.4, -0.2) is 4.57 Å². The SMILES string of the molecule is c1ccc(-n2c3ccccc3c3cc(-c4ccc(N5c6ccccc6Oc6ccccc65)cc4)ccc32)cc1. The van der Waals surface area contributed by atoms with Gasteiger partial charge >= 0.3 is 0 Å². The molecule has 0 unspecified atom stereocenters. The van der Waals surface area contributed by atoms with E-state index in [9.17, 15) is 0 Å². The molecule has 8 rings (SSSR count). The quantitative estimate of drug-likeness (QED) is 0.240. The van der Waals surface area contributed by atoms with Crippen LogP contribution in [0.5, 0.6) is 11.5 Å². The number of hydrogen-bond acceptors (Lipinski definition) is 2. The number of ether oxygens (including phenoxy) is 1. The van der Waals surface area contributed by atoms with Crippen LogP contribution in [0.2, 0.25) is 0 Å². The molecule has 2 heterocycles. The highest BCUT2D eigenvalue weighted by molar-refractivity contribution is 6.10. The maximum atomic E-state index is 6.19. The molecule has 0 N–H and O–H groups in total. The molecule has 0 radical (unpaired) electrons. The summed E-state index contributed by atoms with van der Waals surface area (Å²) in [6.07, 6.45) is 0. The summed E-state index contributed by atoms with van der Waals surface area (Å²) < 4.78 is 8.54. The van der Waals surface area contributed by atoms with E-state index in [0.29, 0.717) is 0 Å². The number of benzene rings is 6. The van der Waals surface area contributed by atoms with Crippen LogP contribution in [0, 0.1) is 0 Å². The fourth-order valence-electron chi connectivity index (χ4n) is 5.79. The number of hydrogen-bond donors (Lipinski definition) is 0. The van der Waals surface area contributed by atoms with E-state index in [-0.39, 0.29) is 0 Å². The summed E-state index contributed by atoms with van der Waals surface area (Å²) in [6, 6.07) is 51.3. The van der Waals surface area contributed by atoms with Gasteiger partial charge in [0.25, 0.3) is 0 Å². The van der Waals surface area contributed by atoms with Crippen molar-refractivity contribution in [3.63, 3.8) is 0 Å². The third-order valence-electron chi connectivity index (χ3n) is 7.58. The van der Waals surface area contributed by atoms with Gasteiger partial charge in [0.15, 0.2) is 11.5 Å². The fourth-order valence-corrected chi connectivity index (χ4v) is 5.79. The molecule has 6 aromatic carbocycles. The lowest BCUT2D eigenvalue weighted by Crippen LogP contribution is -2.15. The second kappa shape index (κ2) is 8.64. The van der Waals surface area contributed by atoms with Crippen LogP contribution in [0.3, 0.4) is 0 Å². The molecule has 3 heteroatoms. The zero-order chi connectivity index (χ0) is 25.8. The number of fused-ring (bicyclic) bond motifs is 5. The van der Waals surface area contributed by atoms with E-state index >= 15 is 0 Å². The highest BCUT2D eigenvalue weighted by atomic mass is 16.5. The first kappa shape index (κ1) is 21.8. The third kappa shape index (κ3) is 3.44. The Morgan fingerprint density at radius 2 is 1.00 bits per heavy atom. The van der Waals surface area contributed by atoms with E-state index in [1.807, 2.05) is 24.3 Å². The van der Waals surface area contributed by atoms with Gasteiger partial charge in [0.2, 0.25) is 0 Å². The van der Waals surface area contributed by atoms with E-state index in [1.54, 1.807) is 0 Å². The number of aromatic nitrogens is 1. The molecule has 1 aromatic heterocycles. The summed E-state index contributed by atoms with van der Waals surface area (Å²) in [5, 5.41) is 2.52. The Labute approximate surface area is 226 Å². The van der Waals surface area contributed by atoms with Crippen molar-refractivity contribution < 1.29 is 4.74 Å². The lowest BCUT2D eigenvalue weighted by molar-refractivity contribution is 0.477. The van der Waals surface area contributed by atoms with Crippen LogP contribution in [-0.2, 0) is 0 Å². The zero-order valence-corrected chi connectivity index (χ0v) is 21.2. The third-order valence-corrected chi connectivity index (χ3v) is 7.58. The predicted octanol–water partition coefficient (Wildman–Crippen LogP) is 10.0. The van der Waals surface area contributed by atoms with Crippen molar-refractivity contribution in [3.8, 4) is 28.3 Å². The Bertz CT molecular complexity index is 1940. The molecular formula is C36H24N2O. The van der Waals surface area contributed by atoms with Crippen molar-refractivity contribution >= 4 is 38.9 Å². The van der Waals surface area contributed by atoms with E-state index in [0.717, 1.165) is 28.6 Å². The molecular weight excluding hydrogens is 476 g/mol. The Morgan fingerprint density at radius 3 is 1.74 bits per heavy atom. The maximum absolute atomic E-state index is 6.19. The van der Waals surface area contributed by atoms with E-state index in [1.165, 1.54) is 38.6 Å². The fraction of sp³-hybridized carbons (Fsp3) is 0. The first-order chi connectivity index (χ1) is 19.3. The second-order valence-corrected chi connectivity index (χ2v) is 9.84. The molecule has 0 aliphatic carbocycles. The van der Waals surface area contributed by atoms with Gasteiger partial charge in [-0.15, -0.1) is 0 Å². The minimum Gasteiger partial charge on any atom is -0.453 e. The molecule has 0 amide bonds. The molecule has 0 atom stereocenters. The van der Waals surface area contributed by atoms with Gasteiger partial charge in [0, 0.05) is 22.1 Å². The highest BCUT2D eigenvalue weighted by Crippen LogP contribution is 2.50. The summed E-state index contributed by atoms with van der Waals surface area (Å²) in [7, 11) is 0. The van der Waals surface area contributed by atoms with Gasteiger partial charge in [-0.25, -0.2) is 0 Å². The summed E-state index contributed by atoms with van der Waals surface area (Å²) in [5.74, 6) is 1.72. The smallest absolute Gasteiger partial charge is 0.151 e. The second-order valence-electron chi connectivity index (χ2n) is 9.84. The van der Waals surface area contributed by atoms with Crippen LogP contribution < -0.4 is 9.64 Å². The molecule has 3 nitrogen and oxygen atoms in total. The highest BCUT2D eigenvalue weighted by Gasteiger charge is 2.25. The van der Waals surface area contributed by atoms with Gasteiger partial charge in [-0.05, 0) is 77.9 Å². The molecule has 0 fully saturated rings. The Hall–Kier alpha value is -5.28. The van der Waals surface area contributed by atoms with Gasteiger partial charge in [-0.2, -0.15) is 0 Å². The molecule has 0 spiro atoms.